The monoisotopic (exact) mass is 310 g/mol. The highest BCUT2D eigenvalue weighted by Crippen LogP contribution is 2.32. The molecule has 0 unspecified atom stereocenters. The number of hydrogen-bond acceptors (Lipinski definition) is 5. The molecular weight excluding hydrogens is 292 g/mol. The summed E-state index contributed by atoms with van der Waals surface area (Å²) in [5.74, 6) is -0.716. The van der Waals surface area contributed by atoms with Crippen LogP contribution >= 0.6 is 11.3 Å². The van der Waals surface area contributed by atoms with E-state index in [1.54, 1.807) is 11.8 Å². The lowest BCUT2D eigenvalue weighted by molar-refractivity contribution is 0.0701. The first kappa shape index (κ1) is 15.5. The van der Waals surface area contributed by atoms with Gasteiger partial charge in [-0.15, -0.1) is 11.3 Å². The number of hydrogen-bond donors (Lipinski definition) is 1. The molecule has 1 aliphatic rings. The summed E-state index contributed by atoms with van der Waals surface area (Å²) in [7, 11) is 0. The Balaban J connectivity index is 1.95. The van der Waals surface area contributed by atoms with Crippen molar-refractivity contribution in [3.8, 4) is 0 Å². The minimum Gasteiger partial charge on any atom is -0.477 e. The number of rotatable bonds is 4. The third kappa shape index (κ3) is 3.60. The molecule has 0 saturated carbocycles. The lowest BCUT2D eigenvalue weighted by Gasteiger charge is -2.30. The summed E-state index contributed by atoms with van der Waals surface area (Å²) in [5, 5.41) is 9.92. The Morgan fingerprint density at radius 1 is 1.52 bits per heavy atom. The molecule has 1 aromatic rings. The SMILES string of the molecule is C=CCOC(=O)N1CCC(c2nc(C)c(C(=O)O)s2)CC1. The number of likely N-dealkylation sites (tertiary alicyclic amines) is 1. The van der Waals surface area contributed by atoms with Gasteiger partial charge in [0.2, 0.25) is 0 Å². The summed E-state index contributed by atoms with van der Waals surface area (Å²) in [6, 6.07) is 0. The number of amides is 1. The molecule has 0 bridgehead atoms. The third-order valence-corrected chi connectivity index (χ3v) is 4.74. The van der Waals surface area contributed by atoms with Gasteiger partial charge in [-0.25, -0.2) is 14.6 Å². The number of thiazole rings is 1. The van der Waals surface area contributed by atoms with E-state index in [0.29, 0.717) is 23.7 Å². The van der Waals surface area contributed by atoms with Gasteiger partial charge in [0.25, 0.3) is 0 Å². The molecule has 1 amide bonds. The first-order valence-corrected chi connectivity index (χ1v) is 7.57. The highest BCUT2D eigenvalue weighted by Gasteiger charge is 2.27. The normalized spacial score (nSPS) is 15.8. The minimum atomic E-state index is -0.929. The summed E-state index contributed by atoms with van der Waals surface area (Å²) in [4.78, 5) is 29.1. The average Bonchev–Trinajstić information content (AvgIpc) is 2.87. The van der Waals surface area contributed by atoms with Gasteiger partial charge in [0.1, 0.15) is 11.5 Å². The van der Waals surface area contributed by atoms with Crippen molar-refractivity contribution in [3.05, 3.63) is 28.2 Å². The smallest absolute Gasteiger partial charge is 0.410 e. The van der Waals surface area contributed by atoms with E-state index < -0.39 is 5.97 Å². The summed E-state index contributed by atoms with van der Waals surface area (Å²) in [6.45, 7) is 6.63. The Morgan fingerprint density at radius 3 is 2.71 bits per heavy atom. The van der Waals surface area contributed by atoms with Crippen LogP contribution in [0.1, 0.15) is 39.1 Å². The second-order valence-corrected chi connectivity index (χ2v) is 5.93. The topological polar surface area (TPSA) is 79.7 Å². The number of aromatic nitrogens is 1. The van der Waals surface area contributed by atoms with Crippen LogP contribution in [0, 0.1) is 6.92 Å². The maximum atomic E-state index is 11.7. The van der Waals surface area contributed by atoms with Crippen molar-refractivity contribution in [1.82, 2.24) is 9.88 Å². The van der Waals surface area contributed by atoms with Gasteiger partial charge in [-0.2, -0.15) is 0 Å². The van der Waals surface area contributed by atoms with Crippen LogP contribution in [0.25, 0.3) is 0 Å². The van der Waals surface area contributed by atoms with E-state index in [1.807, 2.05) is 0 Å². The van der Waals surface area contributed by atoms with E-state index in [9.17, 15) is 9.59 Å². The first-order chi connectivity index (χ1) is 10.0. The Morgan fingerprint density at radius 2 is 2.19 bits per heavy atom. The predicted molar refractivity (Wildman–Crippen MR) is 78.9 cm³/mol. The molecule has 2 rings (SSSR count). The molecule has 1 saturated heterocycles. The molecule has 21 heavy (non-hydrogen) atoms. The Bertz CT molecular complexity index is 547. The number of ether oxygens (including phenoxy) is 1. The third-order valence-electron chi connectivity index (χ3n) is 3.43. The van der Waals surface area contributed by atoms with Gasteiger partial charge in [0.05, 0.1) is 10.7 Å². The van der Waals surface area contributed by atoms with Crippen LogP contribution < -0.4 is 0 Å². The maximum Gasteiger partial charge on any atom is 0.410 e. The molecule has 0 radical (unpaired) electrons. The largest absolute Gasteiger partial charge is 0.477 e. The highest BCUT2D eigenvalue weighted by molar-refractivity contribution is 7.13. The van der Waals surface area contributed by atoms with Crippen LogP contribution in [0.15, 0.2) is 12.7 Å². The van der Waals surface area contributed by atoms with Crippen LogP contribution in [0.2, 0.25) is 0 Å². The van der Waals surface area contributed by atoms with Crippen molar-refractivity contribution < 1.29 is 19.4 Å². The van der Waals surface area contributed by atoms with Gasteiger partial charge in [-0.05, 0) is 19.8 Å². The zero-order chi connectivity index (χ0) is 15.4. The van der Waals surface area contributed by atoms with Gasteiger partial charge >= 0.3 is 12.1 Å². The summed E-state index contributed by atoms with van der Waals surface area (Å²) >= 11 is 1.24. The van der Waals surface area contributed by atoms with E-state index in [-0.39, 0.29) is 18.6 Å². The zero-order valence-electron chi connectivity index (χ0n) is 11.9. The second-order valence-electron chi connectivity index (χ2n) is 4.90. The highest BCUT2D eigenvalue weighted by atomic mass is 32.1. The van der Waals surface area contributed by atoms with Crippen molar-refractivity contribution in [2.45, 2.75) is 25.7 Å². The summed E-state index contributed by atoms with van der Waals surface area (Å²) in [5.41, 5.74) is 0.565. The Labute approximate surface area is 127 Å². The predicted octanol–water partition coefficient (Wildman–Crippen LogP) is 2.65. The molecule has 1 aromatic heterocycles. The number of carbonyl (C=O) groups is 2. The number of piperidine rings is 1. The molecule has 1 N–H and O–H groups in total. The van der Waals surface area contributed by atoms with E-state index in [4.69, 9.17) is 9.84 Å². The molecule has 2 heterocycles. The Hall–Kier alpha value is -1.89. The summed E-state index contributed by atoms with van der Waals surface area (Å²) < 4.78 is 5.00. The van der Waals surface area contributed by atoms with Crippen LogP contribution in [0.5, 0.6) is 0 Å². The fraction of sp³-hybridized carbons (Fsp3) is 0.500. The number of carboxylic acids is 1. The van der Waals surface area contributed by atoms with Crippen LogP contribution in [-0.4, -0.2) is 46.7 Å². The van der Waals surface area contributed by atoms with E-state index >= 15 is 0 Å². The molecule has 0 aromatic carbocycles. The zero-order valence-corrected chi connectivity index (χ0v) is 12.7. The van der Waals surface area contributed by atoms with Gasteiger partial charge in [0.15, 0.2) is 0 Å². The quantitative estimate of drug-likeness (QED) is 0.865. The van der Waals surface area contributed by atoms with Crippen LogP contribution in [-0.2, 0) is 4.74 Å². The van der Waals surface area contributed by atoms with Gasteiger partial charge < -0.3 is 14.7 Å². The fourth-order valence-corrected chi connectivity index (χ4v) is 3.40. The molecule has 6 nitrogen and oxygen atoms in total. The number of carbonyl (C=O) groups excluding carboxylic acids is 1. The van der Waals surface area contributed by atoms with Crippen molar-refractivity contribution in [2.24, 2.45) is 0 Å². The molecule has 1 aliphatic heterocycles. The number of aromatic carboxylic acids is 1. The van der Waals surface area contributed by atoms with Crippen LogP contribution in [0.4, 0.5) is 4.79 Å². The second kappa shape index (κ2) is 6.71. The minimum absolute atomic E-state index is 0.213. The van der Waals surface area contributed by atoms with Gasteiger partial charge in [0, 0.05) is 19.0 Å². The van der Waals surface area contributed by atoms with Gasteiger partial charge in [-0.3, -0.25) is 0 Å². The standard InChI is InChI=1S/C14H18N2O4S/c1-3-8-20-14(19)16-6-4-10(5-7-16)12-15-9(2)11(21-12)13(17)18/h3,10H,1,4-8H2,2H3,(H,17,18). The van der Waals surface area contributed by atoms with Crippen molar-refractivity contribution >= 4 is 23.4 Å². The van der Waals surface area contributed by atoms with Gasteiger partial charge in [-0.1, -0.05) is 12.7 Å². The molecule has 0 aliphatic carbocycles. The van der Waals surface area contributed by atoms with E-state index in [2.05, 4.69) is 11.6 Å². The number of carboxylic acid groups (broad SMARTS) is 1. The van der Waals surface area contributed by atoms with Crippen molar-refractivity contribution in [1.29, 1.82) is 0 Å². The van der Waals surface area contributed by atoms with E-state index in [0.717, 1.165) is 17.8 Å². The number of nitrogens with zero attached hydrogens (tertiary/aromatic N) is 2. The molecule has 1 fully saturated rings. The molecule has 7 heteroatoms. The Kier molecular flexibility index (Phi) is 4.95. The van der Waals surface area contributed by atoms with E-state index in [1.165, 1.54) is 17.4 Å². The fourth-order valence-electron chi connectivity index (χ4n) is 2.32. The average molecular weight is 310 g/mol. The van der Waals surface area contributed by atoms with Crippen molar-refractivity contribution in [3.63, 3.8) is 0 Å². The first-order valence-electron chi connectivity index (χ1n) is 6.76. The van der Waals surface area contributed by atoms with Crippen LogP contribution in [0.3, 0.4) is 0 Å². The lowest BCUT2D eigenvalue weighted by atomic mass is 9.98. The molecule has 0 atom stereocenters. The lowest BCUT2D eigenvalue weighted by Crippen LogP contribution is -2.38. The van der Waals surface area contributed by atoms with Crippen molar-refractivity contribution in [2.75, 3.05) is 19.7 Å². The molecule has 114 valence electrons. The molecule has 0 spiro atoms. The maximum absolute atomic E-state index is 11.7. The number of aryl methyl sites for hydroxylation is 1. The molecular formula is C14H18N2O4S. The summed E-state index contributed by atoms with van der Waals surface area (Å²) in [6.07, 6.45) is 2.76.